The molecule has 0 bridgehead atoms. The van der Waals surface area contributed by atoms with Crippen molar-refractivity contribution >= 4 is 27.7 Å². The molecule has 1 atom stereocenters. The van der Waals surface area contributed by atoms with Gasteiger partial charge in [0.25, 0.3) is 0 Å². The lowest BCUT2D eigenvalue weighted by Gasteiger charge is -2.19. The predicted molar refractivity (Wildman–Crippen MR) is 117 cm³/mol. The molecule has 0 aliphatic carbocycles. The minimum atomic E-state index is -3.48. The molecule has 0 unspecified atom stereocenters. The minimum absolute atomic E-state index is 0.254. The second kappa shape index (κ2) is 10.6. The van der Waals surface area contributed by atoms with Crippen LogP contribution in [0.25, 0.3) is 0 Å². The molecule has 2 amide bonds. The number of hydrogen-bond acceptors (Lipinski definition) is 3. The zero-order chi connectivity index (χ0) is 21.4. The Kier molecular flexibility index (Phi) is 8.49. The van der Waals surface area contributed by atoms with Gasteiger partial charge in [0.05, 0.1) is 10.9 Å². The molecule has 2 aromatic carbocycles. The van der Waals surface area contributed by atoms with Gasteiger partial charge in [-0.15, -0.1) is 0 Å². The highest BCUT2D eigenvalue weighted by atomic mass is 35.5. The average Bonchev–Trinajstić information content (AvgIpc) is 2.70. The summed E-state index contributed by atoms with van der Waals surface area (Å²) >= 11 is 5.86. The number of sulfonamides is 1. The Bertz CT molecular complexity index is 896. The van der Waals surface area contributed by atoms with Gasteiger partial charge in [0.1, 0.15) is 0 Å². The van der Waals surface area contributed by atoms with Crippen LogP contribution < -0.4 is 10.6 Å². The Morgan fingerprint density at radius 3 is 2.17 bits per heavy atom. The largest absolute Gasteiger partial charge is 0.338 e. The van der Waals surface area contributed by atoms with E-state index in [1.54, 1.807) is 24.3 Å². The summed E-state index contributed by atoms with van der Waals surface area (Å²) < 4.78 is 26.5. The van der Waals surface area contributed by atoms with E-state index in [1.807, 2.05) is 45.0 Å². The van der Waals surface area contributed by atoms with E-state index in [0.29, 0.717) is 31.1 Å². The highest BCUT2D eigenvalue weighted by Crippen LogP contribution is 2.19. The van der Waals surface area contributed by atoms with Crippen molar-refractivity contribution in [2.24, 2.45) is 0 Å². The van der Waals surface area contributed by atoms with Crippen LogP contribution in [0, 0.1) is 0 Å². The van der Waals surface area contributed by atoms with Crippen LogP contribution in [0.3, 0.4) is 0 Å². The fraction of sp³-hybridized carbons (Fsp3) is 0.381. The van der Waals surface area contributed by atoms with Crippen molar-refractivity contribution in [1.29, 1.82) is 0 Å². The molecule has 2 rings (SSSR count). The fourth-order valence-electron chi connectivity index (χ4n) is 2.94. The maximum Gasteiger partial charge on any atom is 0.315 e. The quantitative estimate of drug-likeness (QED) is 0.622. The Morgan fingerprint density at radius 2 is 1.62 bits per heavy atom. The maximum atomic E-state index is 12.5. The molecule has 2 aromatic rings. The molecular weight excluding hydrogens is 410 g/mol. The van der Waals surface area contributed by atoms with Crippen LogP contribution >= 0.6 is 11.6 Å². The molecular formula is C21H28ClN3O3S. The summed E-state index contributed by atoms with van der Waals surface area (Å²) in [5, 5.41) is 6.37. The van der Waals surface area contributed by atoms with E-state index < -0.39 is 10.0 Å². The molecule has 158 valence electrons. The molecule has 2 N–H and O–H groups in total. The van der Waals surface area contributed by atoms with Gasteiger partial charge in [-0.3, -0.25) is 0 Å². The highest BCUT2D eigenvalue weighted by Gasteiger charge is 2.21. The monoisotopic (exact) mass is 437 g/mol. The number of urea groups is 1. The van der Waals surface area contributed by atoms with E-state index in [9.17, 15) is 13.2 Å². The number of nitrogens with one attached hydrogen (secondary N) is 2. The fourth-order valence-corrected chi connectivity index (χ4v) is 4.53. The summed E-state index contributed by atoms with van der Waals surface area (Å²) in [4.78, 5) is 12.4. The molecule has 0 fully saturated rings. The van der Waals surface area contributed by atoms with E-state index in [1.165, 1.54) is 4.31 Å². The molecule has 0 aliphatic heterocycles. The van der Waals surface area contributed by atoms with Crippen molar-refractivity contribution in [3.05, 3.63) is 64.7 Å². The zero-order valence-corrected chi connectivity index (χ0v) is 18.6. The molecule has 29 heavy (non-hydrogen) atoms. The summed E-state index contributed by atoms with van der Waals surface area (Å²) in [7, 11) is -3.48. The third kappa shape index (κ3) is 6.45. The van der Waals surface area contributed by atoms with Gasteiger partial charge in [-0.2, -0.15) is 4.31 Å². The Morgan fingerprint density at radius 1 is 1.03 bits per heavy atom. The number of carbonyl (C=O) groups excluding carboxylic acids is 1. The van der Waals surface area contributed by atoms with Gasteiger partial charge >= 0.3 is 6.03 Å². The van der Waals surface area contributed by atoms with Crippen LogP contribution in [-0.2, 0) is 16.4 Å². The average molecular weight is 438 g/mol. The van der Waals surface area contributed by atoms with Gasteiger partial charge in [0.15, 0.2) is 0 Å². The molecule has 0 aromatic heterocycles. The molecule has 0 spiro atoms. The van der Waals surface area contributed by atoms with Gasteiger partial charge in [-0.25, -0.2) is 13.2 Å². The van der Waals surface area contributed by atoms with Crippen LogP contribution in [-0.4, -0.2) is 38.4 Å². The summed E-state index contributed by atoms with van der Waals surface area (Å²) in [6.07, 6.45) is 0.705. The zero-order valence-electron chi connectivity index (χ0n) is 17.0. The normalized spacial score (nSPS) is 12.6. The Labute approximate surface area is 178 Å². The predicted octanol–water partition coefficient (Wildman–Crippen LogP) is 3.97. The molecule has 6 nitrogen and oxygen atoms in total. The van der Waals surface area contributed by atoms with E-state index >= 15 is 0 Å². The van der Waals surface area contributed by atoms with Crippen molar-refractivity contribution in [1.82, 2.24) is 14.9 Å². The number of hydrogen-bond donors (Lipinski definition) is 2. The summed E-state index contributed by atoms with van der Waals surface area (Å²) in [6, 6.07) is 13.6. The lowest BCUT2D eigenvalue weighted by Crippen LogP contribution is -2.38. The smallest absolute Gasteiger partial charge is 0.315 e. The third-order valence-electron chi connectivity index (χ3n) is 4.68. The van der Waals surface area contributed by atoms with E-state index in [0.717, 1.165) is 11.1 Å². The topological polar surface area (TPSA) is 78.5 Å². The third-order valence-corrected chi connectivity index (χ3v) is 7.00. The first-order chi connectivity index (χ1) is 13.8. The van der Waals surface area contributed by atoms with Crippen LogP contribution in [0.1, 0.15) is 37.9 Å². The number of carbonyl (C=O) groups is 1. The minimum Gasteiger partial charge on any atom is -0.338 e. The lowest BCUT2D eigenvalue weighted by atomic mass is 10.1. The lowest BCUT2D eigenvalue weighted by molar-refractivity contribution is 0.238. The standard InChI is InChI=1S/C21H28ClN3O3S/c1-4-25(5-2)29(27,28)20-12-8-18(9-13-20)16(3)24-21(26)23-15-14-17-6-10-19(22)11-7-17/h6-13,16H,4-5,14-15H2,1-3H3,(H2,23,24,26)/t16-/m1/s1. The number of nitrogens with zero attached hydrogens (tertiary/aromatic N) is 1. The number of benzene rings is 2. The van der Waals surface area contributed by atoms with Gasteiger partial charge in [-0.05, 0) is 48.7 Å². The van der Waals surface area contributed by atoms with Gasteiger partial charge in [0, 0.05) is 24.7 Å². The number of amides is 2. The first kappa shape index (κ1) is 23.2. The maximum absolute atomic E-state index is 12.5. The van der Waals surface area contributed by atoms with Gasteiger partial charge in [-0.1, -0.05) is 49.7 Å². The number of halogens is 1. The van der Waals surface area contributed by atoms with E-state index in [2.05, 4.69) is 10.6 Å². The second-order valence-corrected chi connectivity index (χ2v) is 9.03. The van der Waals surface area contributed by atoms with Crippen molar-refractivity contribution in [2.75, 3.05) is 19.6 Å². The van der Waals surface area contributed by atoms with Crippen LogP contribution in [0.15, 0.2) is 53.4 Å². The van der Waals surface area contributed by atoms with Crippen molar-refractivity contribution < 1.29 is 13.2 Å². The first-order valence-corrected chi connectivity index (χ1v) is 11.5. The summed E-state index contributed by atoms with van der Waals surface area (Å²) in [5.41, 5.74) is 1.92. The molecule has 0 heterocycles. The van der Waals surface area contributed by atoms with E-state index in [4.69, 9.17) is 11.6 Å². The summed E-state index contributed by atoms with van der Waals surface area (Å²) in [5.74, 6) is 0. The second-order valence-electron chi connectivity index (χ2n) is 6.66. The Balaban J connectivity index is 1.89. The molecule has 0 saturated carbocycles. The van der Waals surface area contributed by atoms with Crippen molar-refractivity contribution in [3.63, 3.8) is 0 Å². The van der Waals surface area contributed by atoms with Gasteiger partial charge in [0.2, 0.25) is 10.0 Å². The van der Waals surface area contributed by atoms with Crippen LogP contribution in [0.5, 0.6) is 0 Å². The molecule has 0 saturated heterocycles. The first-order valence-electron chi connectivity index (χ1n) is 9.66. The SMILES string of the molecule is CCN(CC)S(=O)(=O)c1ccc([C@@H](C)NC(=O)NCCc2ccc(Cl)cc2)cc1. The summed E-state index contributed by atoms with van der Waals surface area (Å²) in [6.45, 7) is 6.83. The molecule has 0 aliphatic rings. The molecule has 0 radical (unpaired) electrons. The van der Waals surface area contributed by atoms with Gasteiger partial charge < -0.3 is 10.6 Å². The molecule has 8 heteroatoms. The van der Waals surface area contributed by atoms with Crippen molar-refractivity contribution in [3.8, 4) is 0 Å². The Hall–Kier alpha value is -2.09. The van der Waals surface area contributed by atoms with Crippen LogP contribution in [0.4, 0.5) is 4.79 Å². The number of rotatable bonds is 9. The highest BCUT2D eigenvalue weighted by molar-refractivity contribution is 7.89. The van der Waals surface area contributed by atoms with E-state index in [-0.39, 0.29) is 17.0 Å². The van der Waals surface area contributed by atoms with Crippen molar-refractivity contribution in [2.45, 2.75) is 38.1 Å². The van der Waals surface area contributed by atoms with Crippen LogP contribution in [0.2, 0.25) is 5.02 Å².